The normalized spacial score (nSPS) is 11.5. The molecule has 5 nitrogen and oxygen atoms in total. The van der Waals surface area contributed by atoms with Crippen molar-refractivity contribution < 1.29 is 9.59 Å². The van der Waals surface area contributed by atoms with Gasteiger partial charge in [0.05, 0.1) is 0 Å². The maximum Gasteiger partial charge on any atom is 0.242 e. The molecule has 0 heterocycles. The molecule has 0 aliphatic carbocycles. The van der Waals surface area contributed by atoms with Crippen molar-refractivity contribution in [3.8, 4) is 0 Å². The monoisotopic (exact) mass is 553 g/mol. The van der Waals surface area contributed by atoms with E-state index in [1.165, 1.54) is 24.2 Å². The first-order valence-electron chi connectivity index (χ1n) is 12.7. The van der Waals surface area contributed by atoms with Gasteiger partial charge >= 0.3 is 0 Å². The third kappa shape index (κ3) is 8.02. The average molecular weight is 554 g/mol. The van der Waals surface area contributed by atoms with Crippen molar-refractivity contribution in [2.45, 2.75) is 36.8 Å². The van der Waals surface area contributed by atoms with Gasteiger partial charge in [-0.05, 0) is 90.8 Å². The molecule has 0 aliphatic heterocycles. The minimum atomic E-state index is -0.448. The molecule has 0 radical (unpaired) electrons. The van der Waals surface area contributed by atoms with Crippen molar-refractivity contribution in [3.05, 3.63) is 120 Å². The molecular formula is C32H31N3O2S2. The lowest BCUT2D eigenvalue weighted by Gasteiger charge is -2.18. The molecule has 3 N–H and O–H groups in total. The Morgan fingerprint density at radius 3 is 1.95 bits per heavy atom. The van der Waals surface area contributed by atoms with E-state index < -0.39 is 5.25 Å². The van der Waals surface area contributed by atoms with Crippen LogP contribution in [0, 0.1) is 0 Å². The van der Waals surface area contributed by atoms with Crippen LogP contribution in [0.25, 0.3) is 0 Å². The molecule has 1 atom stereocenters. The number of amides is 1. The first kappa shape index (κ1) is 28.1. The molecule has 7 heteroatoms. The second-order valence-corrected chi connectivity index (χ2v) is 11.0. The molecule has 0 saturated carbocycles. The first-order chi connectivity index (χ1) is 18.8. The lowest BCUT2D eigenvalue weighted by atomic mass is 10.0. The summed E-state index contributed by atoms with van der Waals surface area (Å²) in [5.74, 6) is 0.356. The number of benzene rings is 4. The number of thiocarbonyl (C=S) groups is 1. The highest BCUT2D eigenvalue weighted by molar-refractivity contribution is 8.00. The quantitative estimate of drug-likeness (QED) is 0.110. The predicted octanol–water partition coefficient (Wildman–Crippen LogP) is 8.29. The molecule has 0 saturated heterocycles. The van der Waals surface area contributed by atoms with Crippen molar-refractivity contribution in [1.82, 2.24) is 0 Å². The van der Waals surface area contributed by atoms with Gasteiger partial charge in [0.25, 0.3) is 0 Å². The van der Waals surface area contributed by atoms with Crippen LogP contribution >= 0.6 is 24.0 Å². The highest BCUT2D eigenvalue weighted by atomic mass is 32.2. The number of hydrogen-bond donors (Lipinski definition) is 3. The topological polar surface area (TPSA) is 70.2 Å². The molecule has 0 aromatic heterocycles. The van der Waals surface area contributed by atoms with Gasteiger partial charge in [-0.15, -0.1) is 11.8 Å². The first-order valence-corrected chi connectivity index (χ1v) is 14.0. The number of thioether (sulfide) groups is 1. The van der Waals surface area contributed by atoms with Crippen LogP contribution in [0.2, 0.25) is 0 Å². The summed E-state index contributed by atoms with van der Waals surface area (Å²) >= 11 is 6.97. The van der Waals surface area contributed by atoms with Crippen LogP contribution in [0.5, 0.6) is 0 Å². The van der Waals surface area contributed by atoms with Gasteiger partial charge in [0, 0.05) is 27.5 Å². The minimum Gasteiger partial charge on any atom is -0.332 e. The smallest absolute Gasteiger partial charge is 0.242 e. The Bertz CT molecular complexity index is 1440. The fourth-order valence-electron chi connectivity index (χ4n) is 3.92. The molecule has 4 aromatic carbocycles. The molecular weight excluding hydrogens is 523 g/mol. The van der Waals surface area contributed by atoms with Gasteiger partial charge in [0.15, 0.2) is 10.9 Å². The zero-order valence-electron chi connectivity index (χ0n) is 22.1. The van der Waals surface area contributed by atoms with E-state index in [0.29, 0.717) is 16.6 Å². The summed E-state index contributed by atoms with van der Waals surface area (Å²) in [4.78, 5) is 25.9. The maximum absolute atomic E-state index is 13.5. The van der Waals surface area contributed by atoms with Crippen LogP contribution in [0.15, 0.2) is 108 Å². The molecule has 1 unspecified atom stereocenters. The molecule has 4 aromatic rings. The van der Waals surface area contributed by atoms with E-state index in [1.807, 2.05) is 78.9 Å². The molecule has 1 amide bonds. The Kier molecular flexibility index (Phi) is 9.52. The molecule has 0 spiro atoms. The van der Waals surface area contributed by atoms with Crippen molar-refractivity contribution in [2.75, 3.05) is 16.0 Å². The zero-order chi connectivity index (χ0) is 27.8. The summed E-state index contributed by atoms with van der Waals surface area (Å²) in [7, 11) is 0. The van der Waals surface area contributed by atoms with Crippen LogP contribution in [0.4, 0.5) is 17.1 Å². The lowest BCUT2D eigenvalue weighted by Crippen LogP contribution is -2.19. The van der Waals surface area contributed by atoms with E-state index in [-0.39, 0.29) is 11.7 Å². The summed E-state index contributed by atoms with van der Waals surface area (Å²) in [6.07, 6.45) is 0. The Labute approximate surface area is 239 Å². The number of hydrogen-bond acceptors (Lipinski definition) is 4. The number of ketones is 1. The highest BCUT2D eigenvalue weighted by Crippen LogP contribution is 2.37. The molecule has 0 bridgehead atoms. The molecule has 4 rings (SSSR count). The van der Waals surface area contributed by atoms with Crippen LogP contribution in [-0.2, 0) is 4.79 Å². The molecule has 198 valence electrons. The minimum absolute atomic E-state index is 0.0167. The van der Waals surface area contributed by atoms with E-state index in [0.717, 1.165) is 27.5 Å². The van der Waals surface area contributed by atoms with Crippen LogP contribution < -0.4 is 16.0 Å². The Morgan fingerprint density at radius 2 is 1.31 bits per heavy atom. The number of nitrogens with one attached hydrogen (secondary N) is 3. The molecule has 0 aliphatic rings. The van der Waals surface area contributed by atoms with Gasteiger partial charge in [-0.2, -0.15) is 0 Å². The Morgan fingerprint density at radius 1 is 0.692 bits per heavy atom. The number of carbonyl (C=O) groups excluding carboxylic acids is 2. The van der Waals surface area contributed by atoms with Crippen molar-refractivity contribution in [1.29, 1.82) is 0 Å². The van der Waals surface area contributed by atoms with Crippen molar-refractivity contribution in [3.63, 3.8) is 0 Å². The zero-order valence-corrected chi connectivity index (χ0v) is 23.7. The van der Waals surface area contributed by atoms with Crippen molar-refractivity contribution >= 4 is 57.8 Å². The summed E-state index contributed by atoms with van der Waals surface area (Å²) in [5, 5.41) is 9.40. The van der Waals surface area contributed by atoms with Crippen molar-refractivity contribution in [2.24, 2.45) is 0 Å². The average Bonchev–Trinajstić information content (AvgIpc) is 2.93. The van der Waals surface area contributed by atoms with Gasteiger partial charge in [0.2, 0.25) is 5.91 Å². The summed E-state index contributed by atoms with van der Waals surface area (Å²) in [5.41, 5.74) is 5.15. The molecule has 0 fully saturated rings. The Balaban J connectivity index is 1.46. The maximum atomic E-state index is 13.5. The summed E-state index contributed by atoms with van der Waals surface area (Å²) in [6.45, 7) is 5.83. The predicted molar refractivity (Wildman–Crippen MR) is 167 cm³/mol. The van der Waals surface area contributed by atoms with E-state index in [1.54, 1.807) is 12.1 Å². The summed E-state index contributed by atoms with van der Waals surface area (Å²) in [6, 6.07) is 32.7. The third-order valence-corrected chi connectivity index (χ3v) is 7.53. The number of anilines is 3. The second kappa shape index (κ2) is 13.2. The number of rotatable bonds is 9. The van der Waals surface area contributed by atoms with E-state index in [2.05, 4.69) is 41.9 Å². The van der Waals surface area contributed by atoms with Gasteiger partial charge < -0.3 is 16.0 Å². The van der Waals surface area contributed by atoms with E-state index in [4.69, 9.17) is 12.2 Å². The fourth-order valence-corrected chi connectivity index (χ4v) is 5.24. The summed E-state index contributed by atoms with van der Waals surface area (Å²) < 4.78 is 0. The SMILES string of the molecule is CC(=O)c1ccc(NC(=S)Nc2cccc(SC(C(=O)Nc3ccc(C(C)C)cc3)c3ccccc3)c2)cc1. The van der Waals surface area contributed by atoms with Gasteiger partial charge in [-0.1, -0.05) is 62.4 Å². The fraction of sp³-hybridized carbons (Fsp3) is 0.156. The Hall–Kier alpha value is -3.94. The van der Waals surface area contributed by atoms with Crippen LogP contribution in [-0.4, -0.2) is 16.8 Å². The van der Waals surface area contributed by atoms with Gasteiger partial charge in [0.1, 0.15) is 5.25 Å². The standard InChI is InChI=1S/C32H31N3O2S2/c1-21(2)23-12-16-26(17-13-23)33-31(37)30(25-8-5-4-6-9-25)39-29-11-7-10-28(20-29)35-32(38)34-27-18-14-24(15-19-27)22(3)36/h4-21,30H,1-3H3,(H,33,37)(H2,34,35,38). The third-order valence-electron chi connectivity index (χ3n) is 6.08. The number of Topliss-reactive ketones (excluding diaryl/α,β-unsaturated/α-hetero) is 1. The second-order valence-electron chi connectivity index (χ2n) is 9.42. The van der Waals surface area contributed by atoms with Gasteiger partial charge in [-0.25, -0.2) is 0 Å². The largest absolute Gasteiger partial charge is 0.332 e. The number of carbonyl (C=O) groups is 2. The van der Waals surface area contributed by atoms with Gasteiger partial charge in [-0.3, -0.25) is 9.59 Å². The van der Waals surface area contributed by atoms with Crippen LogP contribution in [0.3, 0.4) is 0 Å². The molecule has 39 heavy (non-hydrogen) atoms. The van der Waals surface area contributed by atoms with Crippen LogP contribution in [0.1, 0.15) is 53.4 Å². The van der Waals surface area contributed by atoms with E-state index >= 15 is 0 Å². The lowest BCUT2D eigenvalue weighted by molar-refractivity contribution is -0.115. The van der Waals surface area contributed by atoms with E-state index in [9.17, 15) is 9.59 Å². The highest BCUT2D eigenvalue weighted by Gasteiger charge is 2.22.